The highest BCUT2D eigenvalue weighted by atomic mass is 16.5. The largest absolute Gasteiger partial charge is 0.497 e. The average Bonchev–Trinajstić information content (AvgIpc) is 2.91. The lowest BCUT2D eigenvalue weighted by atomic mass is 10.1. The Kier molecular flexibility index (Phi) is 5.67. The van der Waals surface area contributed by atoms with Crippen LogP contribution in [0, 0.1) is 0 Å². The van der Waals surface area contributed by atoms with Gasteiger partial charge in [-0.2, -0.15) is 0 Å². The van der Waals surface area contributed by atoms with E-state index in [1.807, 2.05) is 12.1 Å². The highest BCUT2D eigenvalue weighted by Gasteiger charge is 2.20. The summed E-state index contributed by atoms with van der Waals surface area (Å²) >= 11 is 0. The maximum absolute atomic E-state index is 5.18. The van der Waals surface area contributed by atoms with Crippen molar-refractivity contribution in [1.29, 1.82) is 0 Å². The van der Waals surface area contributed by atoms with Gasteiger partial charge in [-0.1, -0.05) is 19.1 Å². The minimum Gasteiger partial charge on any atom is -0.497 e. The predicted molar refractivity (Wildman–Crippen MR) is 79.8 cm³/mol. The van der Waals surface area contributed by atoms with E-state index in [9.17, 15) is 0 Å². The molecule has 1 N–H and O–H groups in total. The molecule has 3 heteroatoms. The van der Waals surface area contributed by atoms with Gasteiger partial charge in [-0.05, 0) is 50.0 Å². The summed E-state index contributed by atoms with van der Waals surface area (Å²) in [6.07, 6.45) is 3.65. The number of ether oxygens (including phenoxy) is 1. The molecule has 0 amide bonds. The number of hydrogen-bond acceptors (Lipinski definition) is 3. The fourth-order valence-electron chi connectivity index (χ4n) is 2.63. The third kappa shape index (κ3) is 4.51. The molecule has 0 aliphatic carbocycles. The molecule has 3 nitrogen and oxygen atoms in total. The van der Waals surface area contributed by atoms with Crippen molar-refractivity contribution < 1.29 is 4.74 Å². The fourth-order valence-corrected chi connectivity index (χ4v) is 2.63. The van der Waals surface area contributed by atoms with E-state index in [2.05, 4.69) is 29.3 Å². The van der Waals surface area contributed by atoms with Crippen LogP contribution in [0.15, 0.2) is 24.3 Å². The molecule has 106 valence electrons. The molecule has 1 atom stereocenters. The van der Waals surface area contributed by atoms with Gasteiger partial charge in [-0.25, -0.2) is 0 Å². The van der Waals surface area contributed by atoms with Crippen molar-refractivity contribution in [3.8, 4) is 5.75 Å². The topological polar surface area (TPSA) is 24.5 Å². The number of benzene rings is 1. The quantitative estimate of drug-likeness (QED) is 0.816. The number of rotatable bonds is 7. The van der Waals surface area contributed by atoms with Gasteiger partial charge in [0.1, 0.15) is 5.75 Å². The second kappa shape index (κ2) is 7.51. The van der Waals surface area contributed by atoms with E-state index in [1.165, 1.54) is 31.5 Å². The summed E-state index contributed by atoms with van der Waals surface area (Å²) in [7, 11) is 1.71. The zero-order chi connectivity index (χ0) is 13.5. The summed E-state index contributed by atoms with van der Waals surface area (Å²) in [6, 6.07) is 9.13. The maximum Gasteiger partial charge on any atom is 0.118 e. The van der Waals surface area contributed by atoms with E-state index in [0.717, 1.165) is 25.3 Å². The van der Waals surface area contributed by atoms with Gasteiger partial charge in [0.2, 0.25) is 0 Å². The third-order valence-electron chi connectivity index (χ3n) is 3.83. The van der Waals surface area contributed by atoms with Crippen molar-refractivity contribution in [2.24, 2.45) is 0 Å². The summed E-state index contributed by atoms with van der Waals surface area (Å²) in [4.78, 5) is 2.57. The molecular formula is C16H26N2O. The molecule has 1 aromatic carbocycles. The Morgan fingerprint density at radius 3 is 2.79 bits per heavy atom. The molecule has 1 heterocycles. The minimum atomic E-state index is 0.704. The molecule has 1 aliphatic rings. The van der Waals surface area contributed by atoms with Crippen LogP contribution in [0.1, 0.15) is 25.3 Å². The van der Waals surface area contributed by atoms with E-state index in [0.29, 0.717) is 6.04 Å². The first-order valence-electron chi connectivity index (χ1n) is 7.40. The van der Waals surface area contributed by atoms with Crippen LogP contribution in [0.2, 0.25) is 0 Å². The van der Waals surface area contributed by atoms with Gasteiger partial charge < -0.3 is 15.0 Å². The van der Waals surface area contributed by atoms with Crippen LogP contribution in [0.4, 0.5) is 0 Å². The SMILES string of the molecule is CCCNC1CCN(CCc2ccc(OC)cc2)C1. The van der Waals surface area contributed by atoms with Crippen molar-refractivity contribution in [3.63, 3.8) is 0 Å². The first-order chi connectivity index (χ1) is 9.31. The van der Waals surface area contributed by atoms with E-state index >= 15 is 0 Å². The van der Waals surface area contributed by atoms with Gasteiger partial charge in [0.15, 0.2) is 0 Å². The molecule has 0 bridgehead atoms. The minimum absolute atomic E-state index is 0.704. The Hall–Kier alpha value is -1.06. The maximum atomic E-state index is 5.18. The Balaban J connectivity index is 1.70. The zero-order valence-corrected chi connectivity index (χ0v) is 12.2. The third-order valence-corrected chi connectivity index (χ3v) is 3.83. The lowest BCUT2D eigenvalue weighted by Gasteiger charge is -2.16. The smallest absolute Gasteiger partial charge is 0.118 e. The number of likely N-dealkylation sites (tertiary alicyclic amines) is 1. The Morgan fingerprint density at radius 2 is 2.11 bits per heavy atom. The van der Waals surface area contributed by atoms with Crippen molar-refractivity contribution >= 4 is 0 Å². The van der Waals surface area contributed by atoms with Crippen LogP contribution in [0.3, 0.4) is 0 Å². The van der Waals surface area contributed by atoms with Crippen LogP contribution < -0.4 is 10.1 Å². The van der Waals surface area contributed by atoms with E-state index < -0.39 is 0 Å². The van der Waals surface area contributed by atoms with Crippen LogP contribution in [0.5, 0.6) is 5.75 Å². The lowest BCUT2D eigenvalue weighted by Crippen LogP contribution is -2.33. The van der Waals surface area contributed by atoms with Crippen molar-refractivity contribution in [1.82, 2.24) is 10.2 Å². The summed E-state index contributed by atoms with van der Waals surface area (Å²) < 4.78 is 5.18. The van der Waals surface area contributed by atoms with Crippen molar-refractivity contribution in [2.75, 3.05) is 33.3 Å². The van der Waals surface area contributed by atoms with E-state index in [4.69, 9.17) is 4.74 Å². The molecule has 0 saturated carbocycles. The molecule has 1 saturated heterocycles. The average molecular weight is 262 g/mol. The highest BCUT2D eigenvalue weighted by Crippen LogP contribution is 2.14. The van der Waals surface area contributed by atoms with Crippen molar-refractivity contribution in [3.05, 3.63) is 29.8 Å². The van der Waals surface area contributed by atoms with Crippen LogP contribution in [-0.4, -0.2) is 44.2 Å². The normalized spacial score (nSPS) is 19.8. The second-order valence-electron chi connectivity index (χ2n) is 5.34. The zero-order valence-electron chi connectivity index (χ0n) is 12.2. The highest BCUT2D eigenvalue weighted by molar-refractivity contribution is 5.27. The molecule has 0 spiro atoms. The van der Waals surface area contributed by atoms with Crippen LogP contribution in [-0.2, 0) is 6.42 Å². The molecule has 0 aromatic heterocycles. The Bertz CT molecular complexity index is 364. The van der Waals surface area contributed by atoms with Gasteiger partial charge in [0, 0.05) is 19.1 Å². The van der Waals surface area contributed by atoms with E-state index in [-0.39, 0.29) is 0 Å². The number of nitrogens with one attached hydrogen (secondary N) is 1. The number of hydrogen-bond donors (Lipinski definition) is 1. The molecule has 1 aliphatic heterocycles. The second-order valence-corrected chi connectivity index (χ2v) is 5.34. The molecular weight excluding hydrogens is 236 g/mol. The van der Waals surface area contributed by atoms with Gasteiger partial charge >= 0.3 is 0 Å². The predicted octanol–water partition coefficient (Wildman–Crippen LogP) is 2.31. The summed E-state index contributed by atoms with van der Waals surface area (Å²) in [5.74, 6) is 0.939. The van der Waals surface area contributed by atoms with Crippen molar-refractivity contribution in [2.45, 2.75) is 32.2 Å². The van der Waals surface area contributed by atoms with Crippen LogP contribution in [0.25, 0.3) is 0 Å². The fraction of sp³-hybridized carbons (Fsp3) is 0.625. The molecule has 0 radical (unpaired) electrons. The monoisotopic (exact) mass is 262 g/mol. The standard InChI is InChI=1S/C16H26N2O/c1-3-10-17-15-9-12-18(13-15)11-8-14-4-6-16(19-2)7-5-14/h4-7,15,17H,3,8-13H2,1-2H3. The number of nitrogens with zero attached hydrogens (tertiary/aromatic N) is 1. The molecule has 1 aromatic rings. The van der Waals surface area contributed by atoms with E-state index in [1.54, 1.807) is 7.11 Å². The number of methoxy groups -OCH3 is 1. The van der Waals surface area contributed by atoms with Gasteiger partial charge in [-0.3, -0.25) is 0 Å². The first-order valence-corrected chi connectivity index (χ1v) is 7.40. The molecule has 1 unspecified atom stereocenters. The summed E-state index contributed by atoms with van der Waals surface area (Å²) in [5, 5.41) is 3.62. The van der Waals surface area contributed by atoms with Gasteiger partial charge in [0.05, 0.1) is 7.11 Å². The Labute approximate surface area is 116 Å². The molecule has 2 rings (SSSR count). The molecule has 1 fully saturated rings. The lowest BCUT2D eigenvalue weighted by molar-refractivity contribution is 0.332. The van der Waals surface area contributed by atoms with Crippen LogP contribution >= 0.6 is 0 Å². The van der Waals surface area contributed by atoms with Gasteiger partial charge in [0.25, 0.3) is 0 Å². The molecule has 19 heavy (non-hydrogen) atoms. The summed E-state index contributed by atoms with van der Waals surface area (Å²) in [6.45, 7) is 6.98. The first kappa shape index (κ1) is 14.4. The summed E-state index contributed by atoms with van der Waals surface area (Å²) in [5.41, 5.74) is 1.39. The van der Waals surface area contributed by atoms with Gasteiger partial charge in [-0.15, -0.1) is 0 Å². The Morgan fingerprint density at radius 1 is 1.32 bits per heavy atom.